The fourth-order valence-electron chi connectivity index (χ4n) is 2.36. The van der Waals surface area contributed by atoms with Gasteiger partial charge in [-0.15, -0.1) is 11.6 Å². The summed E-state index contributed by atoms with van der Waals surface area (Å²) < 4.78 is 0. The molecule has 0 amide bonds. The standard InChI is InChI=1S/C17H27Cl/c1-3-4-5-6-7-9-12-15(2)17(18)16-13-10-8-11-14-16/h8,10-11,13-15,17H,3-7,9,12H2,1-2H3. The monoisotopic (exact) mass is 266 g/mol. The molecular formula is C17H27Cl. The first kappa shape index (κ1) is 15.6. The number of hydrogen-bond donors (Lipinski definition) is 0. The quantitative estimate of drug-likeness (QED) is 0.361. The minimum absolute atomic E-state index is 0.168. The van der Waals surface area contributed by atoms with Gasteiger partial charge in [0, 0.05) is 0 Å². The molecule has 0 aliphatic carbocycles. The van der Waals surface area contributed by atoms with Gasteiger partial charge in [0.2, 0.25) is 0 Å². The van der Waals surface area contributed by atoms with Gasteiger partial charge in [-0.3, -0.25) is 0 Å². The Balaban J connectivity index is 2.18. The predicted molar refractivity (Wildman–Crippen MR) is 82.2 cm³/mol. The van der Waals surface area contributed by atoms with Crippen molar-refractivity contribution in [2.45, 2.75) is 64.2 Å². The summed E-state index contributed by atoms with van der Waals surface area (Å²) >= 11 is 6.52. The van der Waals surface area contributed by atoms with Crippen LogP contribution in [0.4, 0.5) is 0 Å². The van der Waals surface area contributed by atoms with Crippen LogP contribution in [-0.2, 0) is 0 Å². The number of halogens is 1. The second-order valence-electron chi connectivity index (χ2n) is 5.35. The largest absolute Gasteiger partial charge is 0.118 e. The summed E-state index contributed by atoms with van der Waals surface area (Å²) in [6, 6.07) is 10.5. The van der Waals surface area contributed by atoms with Crippen LogP contribution in [0.1, 0.15) is 69.7 Å². The molecule has 18 heavy (non-hydrogen) atoms. The Morgan fingerprint density at radius 3 is 2.22 bits per heavy atom. The maximum Gasteiger partial charge on any atom is 0.0610 e. The van der Waals surface area contributed by atoms with Crippen LogP contribution in [0.3, 0.4) is 0 Å². The van der Waals surface area contributed by atoms with E-state index in [0.717, 1.165) is 0 Å². The third-order valence-electron chi connectivity index (χ3n) is 3.63. The van der Waals surface area contributed by atoms with Gasteiger partial charge in [-0.2, -0.15) is 0 Å². The van der Waals surface area contributed by atoms with Gasteiger partial charge >= 0.3 is 0 Å². The smallest absolute Gasteiger partial charge is 0.0610 e. The van der Waals surface area contributed by atoms with Gasteiger partial charge in [0.25, 0.3) is 0 Å². The van der Waals surface area contributed by atoms with Crippen molar-refractivity contribution in [1.82, 2.24) is 0 Å². The average molecular weight is 267 g/mol. The van der Waals surface area contributed by atoms with Gasteiger partial charge in [0.15, 0.2) is 0 Å². The van der Waals surface area contributed by atoms with E-state index in [1.807, 2.05) is 6.07 Å². The lowest BCUT2D eigenvalue weighted by Crippen LogP contribution is -2.03. The molecule has 0 aliphatic rings. The molecule has 1 aromatic rings. The van der Waals surface area contributed by atoms with Crippen LogP contribution >= 0.6 is 11.6 Å². The summed E-state index contributed by atoms with van der Waals surface area (Å²) in [7, 11) is 0. The van der Waals surface area contributed by atoms with Crippen LogP contribution in [-0.4, -0.2) is 0 Å². The van der Waals surface area contributed by atoms with Gasteiger partial charge < -0.3 is 0 Å². The molecule has 0 saturated heterocycles. The van der Waals surface area contributed by atoms with E-state index in [4.69, 9.17) is 11.6 Å². The van der Waals surface area contributed by atoms with Crippen molar-refractivity contribution in [2.75, 3.05) is 0 Å². The van der Waals surface area contributed by atoms with E-state index in [9.17, 15) is 0 Å². The second-order valence-corrected chi connectivity index (χ2v) is 5.82. The first-order chi connectivity index (χ1) is 8.75. The van der Waals surface area contributed by atoms with Crippen LogP contribution < -0.4 is 0 Å². The maximum atomic E-state index is 6.52. The lowest BCUT2D eigenvalue weighted by atomic mass is 9.94. The Hall–Kier alpha value is -0.490. The highest BCUT2D eigenvalue weighted by Crippen LogP contribution is 2.31. The molecule has 0 radical (unpaired) electrons. The second kappa shape index (κ2) is 9.44. The first-order valence-corrected chi connectivity index (χ1v) is 7.88. The third kappa shape index (κ3) is 5.91. The molecule has 0 bridgehead atoms. The number of rotatable bonds is 9. The van der Waals surface area contributed by atoms with Crippen LogP contribution in [0.2, 0.25) is 0 Å². The highest BCUT2D eigenvalue weighted by molar-refractivity contribution is 6.20. The van der Waals surface area contributed by atoms with Gasteiger partial charge in [0.1, 0.15) is 0 Å². The lowest BCUT2D eigenvalue weighted by Gasteiger charge is -2.18. The fraction of sp³-hybridized carbons (Fsp3) is 0.647. The van der Waals surface area contributed by atoms with Gasteiger partial charge in [0.05, 0.1) is 5.38 Å². The molecule has 0 spiro atoms. The van der Waals surface area contributed by atoms with Crippen LogP contribution in [0.25, 0.3) is 0 Å². The van der Waals surface area contributed by atoms with Crippen molar-refractivity contribution in [3.05, 3.63) is 35.9 Å². The van der Waals surface area contributed by atoms with Crippen molar-refractivity contribution < 1.29 is 0 Å². The van der Waals surface area contributed by atoms with Crippen LogP contribution in [0.15, 0.2) is 30.3 Å². The van der Waals surface area contributed by atoms with Crippen LogP contribution in [0.5, 0.6) is 0 Å². The summed E-state index contributed by atoms with van der Waals surface area (Å²) in [6.07, 6.45) is 9.43. The molecular weight excluding hydrogens is 240 g/mol. The zero-order valence-corrected chi connectivity index (χ0v) is 12.6. The number of benzene rings is 1. The Morgan fingerprint density at radius 1 is 0.944 bits per heavy atom. The van der Waals surface area contributed by atoms with E-state index in [1.165, 1.54) is 50.5 Å². The summed E-state index contributed by atoms with van der Waals surface area (Å²) in [5.41, 5.74) is 1.26. The van der Waals surface area contributed by atoms with E-state index < -0.39 is 0 Å². The predicted octanol–water partition coefficient (Wildman–Crippen LogP) is 6.35. The SMILES string of the molecule is CCCCCCCCC(C)C(Cl)c1ccccc1. The third-order valence-corrected chi connectivity index (χ3v) is 4.31. The molecule has 0 saturated carbocycles. The minimum Gasteiger partial charge on any atom is -0.118 e. The van der Waals surface area contributed by atoms with Crippen molar-refractivity contribution >= 4 is 11.6 Å². The normalized spacial score (nSPS) is 14.4. The van der Waals surface area contributed by atoms with E-state index in [2.05, 4.69) is 38.1 Å². The topological polar surface area (TPSA) is 0 Å². The highest BCUT2D eigenvalue weighted by atomic mass is 35.5. The van der Waals surface area contributed by atoms with Gasteiger partial charge in [-0.05, 0) is 17.9 Å². The zero-order chi connectivity index (χ0) is 13.2. The van der Waals surface area contributed by atoms with Crippen molar-refractivity contribution in [2.24, 2.45) is 5.92 Å². The Labute approximate surface area is 118 Å². The van der Waals surface area contributed by atoms with E-state index in [1.54, 1.807) is 0 Å². The van der Waals surface area contributed by atoms with Crippen molar-refractivity contribution in [1.29, 1.82) is 0 Å². The first-order valence-electron chi connectivity index (χ1n) is 7.44. The molecule has 1 rings (SSSR count). The van der Waals surface area contributed by atoms with Gasteiger partial charge in [-0.25, -0.2) is 0 Å². The Kier molecular flexibility index (Phi) is 8.17. The highest BCUT2D eigenvalue weighted by Gasteiger charge is 2.15. The number of unbranched alkanes of at least 4 members (excludes halogenated alkanes) is 5. The zero-order valence-electron chi connectivity index (χ0n) is 11.9. The summed E-state index contributed by atoms with van der Waals surface area (Å²) in [5.74, 6) is 0.570. The molecule has 1 heteroatoms. The molecule has 0 aliphatic heterocycles. The Bertz CT molecular complexity index is 294. The molecule has 1 aromatic carbocycles. The summed E-state index contributed by atoms with van der Waals surface area (Å²) in [6.45, 7) is 4.54. The molecule has 102 valence electrons. The van der Waals surface area contributed by atoms with Crippen LogP contribution in [0, 0.1) is 5.92 Å². The molecule has 0 N–H and O–H groups in total. The average Bonchev–Trinajstić information content (AvgIpc) is 2.42. The van der Waals surface area contributed by atoms with E-state index in [-0.39, 0.29) is 5.38 Å². The van der Waals surface area contributed by atoms with E-state index >= 15 is 0 Å². The molecule has 2 atom stereocenters. The van der Waals surface area contributed by atoms with Crippen molar-refractivity contribution in [3.8, 4) is 0 Å². The molecule has 0 heterocycles. The molecule has 2 unspecified atom stereocenters. The fourth-order valence-corrected chi connectivity index (χ4v) is 2.63. The van der Waals surface area contributed by atoms with Gasteiger partial charge in [-0.1, -0.05) is 82.7 Å². The lowest BCUT2D eigenvalue weighted by molar-refractivity contribution is 0.471. The maximum absolute atomic E-state index is 6.52. The summed E-state index contributed by atoms with van der Waals surface area (Å²) in [5, 5.41) is 0.168. The molecule has 0 fully saturated rings. The Morgan fingerprint density at radius 2 is 1.56 bits per heavy atom. The molecule has 0 aromatic heterocycles. The van der Waals surface area contributed by atoms with E-state index in [0.29, 0.717) is 5.92 Å². The van der Waals surface area contributed by atoms with Crippen molar-refractivity contribution in [3.63, 3.8) is 0 Å². The summed E-state index contributed by atoms with van der Waals surface area (Å²) in [4.78, 5) is 0. The number of hydrogen-bond acceptors (Lipinski definition) is 0. The number of alkyl halides is 1. The minimum atomic E-state index is 0.168. The molecule has 0 nitrogen and oxygen atoms in total.